The van der Waals surface area contributed by atoms with Crippen molar-refractivity contribution < 1.29 is 36.7 Å². The van der Waals surface area contributed by atoms with Crippen LogP contribution in [-0.4, -0.2) is 24.4 Å². The Hall–Kier alpha value is -4.08. The van der Waals surface area contributed by atoms with Gasteiger partial charge >= 0.3 is 12.1 Å². The van der Waals surface area contributed by atoms with Gasteiger partial charge in [0, 0.05) is 5.69 Å². The van der Waals surface area contributed by atoms with Crippen molar-refractivity contribution in [1.29, 1.82) is 0 Å². The molecule has 3 aromatic rings. The highest BCUT2D eigenvalue weighted by Gasteiger charge is 2.30. The van der Waals surface area contributed by atoms with E-state index in [-0.39, 0.29) is 22.7 Å². The van der Waals surface area contributed by atoms with Gasteiger partial charge < -0.3 is 19.8 Å². The van der Waals surface area contributed by atoms with Crippen LogP contribution in [0.1, 0.15) is 26.5 Å². The van der Waals surface area contributed by atoms with Crippen molar-refractivity contribution in [2.24, 2.45) is 0 Å². The maximum absolute atomic E-state index is 12.7. The maximum atomic E-state index is 12.7. The lowest BCUT2D eigenvalue weighted by Gasteiger charge is -2.11. The third-order valence-corrected chi connectivity index (χ3v) is 3.95. The molecule has 0 radical (unpaired) electrons. The number of furan rings is 1. The summed E-state index contributed by atoms with van der Waals surface area (Å²) in [5.74, 6) is -2.30. The summed E-state index contributed by atoms with van der Waals surface area (Å²) in [6, 6.07) is 13.0. The summed E-state index contributed by atoms with van der Waals surface area (Å²) in [5, 5.41) is 4.73. The largest absolute Gasteiger partial charge is 0.459 e. The SMILES string of the molecule is O=C(COC(=O)c1ccccc1NC(=O)c1ccco1)Nc1cccc(C(F)(F)F)c1. The average molecular weight is 432 g/mol. The first kappa shape index (κ1) is 21.6. The van der Waals surface area contributed by atoms with Crippen molar-refractivity contribution in [2.45, 2.75) is 6.18 Å². The second-order valence-corrected chi connectivity index (χ2v) is 6.18. The summed E-state index contributed by atoms with van der Waals surface area (Å²) in [4.78, 5) is 36.4. The first-order chi connectivity index (χ1) is 14.7. The summed E-state index contributed by atoms with van der Waals surface area (Å²) in [6.07, 6.45) is -3.24. The van der Waals surface area contributed by atoms with Gasteiger partial charge in [-0.05, 0) is 42.5 Å². The molecule has 0 atom stereocenters. The van der Waals surface area contributed by atoms with Gasteiger partial charge in [0.25, 0.3) is 11.8 Å². The fourth-order valence-electron chi connectivity index (χ4n) is 2.54. The van der Waals surface area contributed by atoms with Gasteiger partial charge in [-0.3, -0.25) is 9.59 Å². The molecule has 0 saturated heterocycles. The van der Waals surface area contributed by atoms with E-state index in [1.54, 1.807) is 6.07 Å². The Morgan fingerprint density at radius 1 is 0.935 bits per heavy atom. The molecular formula is C21H15F3N2O5. The van der Waals surface area contributed by atoms with Crippen LogP contribution in [0.3, 0.4) is 0 Å². The molecule has 160 valence electrons. The van der Waals surface area contributed by atoms with Crippen molar-refractivity contribution in [3.05, 3.63) is 83.8 Å². The lowest BCUT2D eigenvalue weighted by molar-refractivity contribution is -0.137. The number of amides is 2. The van der Waals surface area contributed by atoms with Crippen molar-refractivity contribution in [3.8, 4) is 0 Å². The predicted molar refractivity (Wildman–Crippen MR) is 103 cm³/mol. The van der Waals surface area contributed by atoms with Gasteiger partial charge in [-0.25, -0.2) is 4.79 Å². The van der Waals surface area contributed by atoms with Crippen LogP contribution in [-0.2, 0) is 15.7 Å². The molecule has 7 nitrogen and oxygen atoms in total. The average Bonchev–Trinajstić information content (AvgIpc) is 3.27. The van der Waals surface area contributed by atoms with Gasteiger partial charge in [-0.2, -0.15) is 13.2 Å². The molecule has 2 amide bonds. The molecule has 10 heteroatoms. The van der Waals surface area contributed by atoms with E-state index in [4.69, 9.17) is 9.15 Å². The Bertz CT molecular complexity index is 1090. The van der Waals surface area contributed by atoms with E-state index >= 15 is 0 Å². The summed E-state index contributed by atoms with van der Waals surface area (Å²) in [5.41, 5.74) is -0.910. The van der Waals surface area contributed by atoms with Crippen molar-refractivity contribution in [1.82, 2.24) is 0 Å². The van der Waals surface area contributed by atoms with Gasteiger partial charge in [0.05, 0.1) is 23.1 Å². The number of nitrogens with one attached hydrogen (secondary N) is 2. The van der Waals surface area contributed by atoms with E-state index in [9.17, 15) is 27.6 Å². The third kappa shape index (κ3) is 5.72. The molecule has 1 heterocycles. The standard InChI is InChI=1S/C21H15F3N2O5/c22-21(23,24)13-5-3-6-14(11-13)25-18(27)12-31-20(29)15-7-1-2-8-16(15)26-19(28)17-9-4-10-30-17/h1-11H,12H2,(H,25,27)(H,26,28). The topological polar surface area (TPSA) is 97.6 Å². The zero-order valence-corrected chi connectivity index (χ0v) is 15.7. The van der Waals surface area contributed by atoms with Crippen LogP contribution >= 0.6 is 0 Å². The molecule has 0 saturated carbocycles. The van der Waals surface area contributed by atoms with Crippen LogP contribution < -0.4 is 10.6 Å². The number of benzene rings is 2. The lowest BCUT2D eigenvalue weighted by Crippen LogP contribution is -2.22. The Morgan fingerprint density at radius 3 is 2.42 bits per heavy atom. The van der Waals surface area contributed by atoms with Gasteiger partial charge in [0.2, 0.25) is 0 Å². The number of carbonyl (C=O) groups excluding carboxylic acids is 3. The number of carbonyl (C=O) groups is 3. The first-order valence-electron chi connectivity index (χ1n) is 8.82. The summed E-state index contributed by atoms with van der Waals surface area (Å²) in [7, 11) is 0. The quantitative estimate of drug-likeness (QED) is 0.565. The van der Waals surface area contributed by atoms with Crippen LogP contribution in [0.4, 0.5) is 24.5 Å². The second kappa shape index (κ2) is 9.16. The Labute approximate surface area is 173 Å². The van der Waals surface area contributed by atoms with E-state index in [0.29, 0.717) is 0 Å². The number of ether oxygens (including phenoxy) is 1. The molecule has 0 aliphatic rings. The smallest absolute Gasteiger partial charge is 0.416 e. The molecule has 3 rings (SSSR count). The summed E-state index contributed by atoms with van der Waals surface area (Å²) >= 11 is 0. The van der Waals surface area contributed by atoms with Crippen LogP contribution in [0.2, 0.25) is 0 Å². The number of rotatable bonds is 6. The van der Waals surface area contributed by atoms with Crippen LogP contribution in [0, 0.1) is 0 Å². The number of para-hydroxylation sites is 1. The van der Waals surface area contributed by atoms with E-state index in [0.717, 1.165) is 18.2 Å². The zero-order valence-electron chi connectivity index (χ0n) is 15.7. The highest BCUT2D eigenvalue weighted by molar-refractivity contribution is 6.07. The Balaban J connectivity index is 1.61. The molecule has 0 aliphatic carbocycles. The van der Waals surface area contributed by atoms with Crippen LogP contribution in [0.25, 0.3) is 0 Å². The molecule has 0 bridgehead atoms. The van der Waals surface area contributed by atoms with Crippen LogP contribution in [0.15, 0.2) is 71.3 Å². The highest BCUT2D eigenvalue weighted by atomic mass is 19.4. The minimum absolute atomic E-state index is 0.0192. The molecule has 2 aromatic carbocycles. The molecule has 1 aromatic heterocycles. The summed E-state index contributed by atoms with van der Waals surface area (Å²) < 4.78 is 48.1. The predicted octanol–water partition coefficient (Wildman–Crippen LogP) is 4.35. The molecule has 0 unspecified atom stereocenters. The fourth-order valence-corrected chi connectivity index (χ4v) is 2.54. The van der Waals surface area contributed by atoms with Gasteiger partial charge in [-0.1, -0.05) is 18.2 Å². The number of alkyl halides is 3. The number of esters is 1. The summed E-state index contributed by atoms with van der Waals surface area (Å²) in [6.45, 7) is -0.741. The number of hydrogen-bond acceptors (Lipinski definition) is 5. The fraction of sp³-hybridized carbons (Fsp3) is 0.0952. The van der Waals surface area contributed by atoms with E-state index in [1.807, 2.05) is 0 Å². The van der Waals surface area contributed by atoms with Gasteiger partial charge in [0.1, 0.15) is 0 Å². The minimum Gasteiger partial charge on any atom is -0.459 e. The monoisotopic (exact) mass is 432 g/mol. The van der Waals surface area contributed by atoms with Gasteiger partial charge in [0.15, 0.2) is 12.4 Å². The van der Waals surface area contributed by atoms with E-state index < -0.39 is 36.1 Å². The zero-order chi connectivity index (χ0) is 22.4. The first-order valence-corrected chi connectivity index (χ1v) is 8.82. The van der Waals surface area contributed by atoms with Crippen molar-refractivity contribution >= 4 is 29.2 Å². The number of halogens is 3. The molecule has 0 aliphatic heterocycles. The molecule has 31 heavy (non-hydrogen) atoms. The molecule has 2 N–H and O–H groups in total. The van der Waals surface area contributed by atoms with Crippen molar-refractivity contribution in [2.75, 3.05) is 17.2 Å². The Kier molecular flexibility index (Phi) is 6.39. The van der Waals surface area contributed by atoms with E-state index in [2.05, 4.69) is 10.6 Å². The maximum Gasteiger partial charge on any atom is 0.416 e. The number of anilines is 2. The normalized spacial score (nSPS) is 10.9. The molecular weight excluding hydrogens is 417 g/mol. The second-order valence-electron chi connectivity index (χ2n) is 6.18. The van der Waals surface area contributed by atoms with E-state index in [1.165, 1.54) is 42.7 Å². The lowest BCUT2D eigenvalue weighted by atomic mass is 10.1. The molecule has 0 fully saturated rings. The number of hydrogen-bond donors (Lipinski definition) is 2. The van der Waals surface area contributed by atoms with Crippen LogP contribution in [0.5, 0.6) is 0 Å². The minimum atomic E-state index is -4.56. The van der Waals surface area contributed by atoms with Crippen molar-refractivity contribution in [3.63, 3.8) is 0 Å². The third-order valence-electron chi connectivity index (χ3n) is 3.95. The van der Waals surface area contributed by atoms with Gasteiger partial charge in [-0.15, -0.1) is 0 Å². The Morgan fingerprint density at radius 2 is 1.71 bits per heavy atom. The highest BCUT2D eigenvalue weighted by Crippen LogP contribution is 2.30. The molecule has 0 spiro atoms.